The molecule has 0 nitrogen and oxygen atoms in total. The summed E-state index contributed by atoms with van der Waals surface area (Å²) in [5.41, 5.74) is 0. The van der Waals surface area contributed by atoms with Crippen LogP contribution in [0.4, 0.5) is 0 Å². The van der Waals surface area contributed by atoms with E-state index in [1.54, 1.807) is 0 Å². The van der Waals surface area contributed by atoms with Crippen LogP contribution >= 0.6 is 0 Å². The predicted molar refractivity (Wildman–Crippen MR) is 50.5 cm³/mol. The van der Waals surface area contributed by atoms with Gasteiger partial charge in [-0.25, -0.2) is 0 Å². The predicted octanol–water partition coefficient (Wildman–Crippen LogP) is 3.70. The molecule has 11 heavy (non-hydrogen) atoms. The molecule has 0 aromatic heterocycles. The monoisotopic (exact) mass is 150 g/mol. The summed E-state index contributed by atoms with van der Waals surface area (Å²) in [5, 5.41) is 0. The van der Waals surface area contributed by atoms with Gasteiger partial charge >= 0.3 is 0 Å². The minimum Gasteiger partial charge on any atom is -0.0885 e. The third-order valence-electron chi connectivity index (χ3n) is 2.20. The molecule has 0 amide bonds. The van der Waals surface area contributed by atoms with Gasteiger partial charge in [-0.15, -0.1) is 0 Å². The Labute approximate surface area is 70.0 Å². The standard InChI is InChI=1S/C11H18/c1-11-9-7-5-3-2-4-6-8-10-11/h3,5-6,8,11H,2,4,7,9-10H2,1H3/b5-3-,8-6-. The van der Waals surface area contributed by atoms with Gasteiger partial charge in [-0.2, -0.15) is 0 Å². The maximum absolute atomic E-state index is 2.34. The highest BCUT2D eigenvalue weighted by molar-refractivity contribution is 4.91. The van der Waals surface area contributed by atoms with E-state index in [1.807, 2.05) is 0 Å². The summed E-state index contributed by atoms with van der Waals surface area (Å²) in [6, 6.07) is 0. The van der Waals surface area contributed by atoms with Gasteiger partial charge in [0.25, 0.3) is 0 Å². The van der Waals surface area contributed by atoms with Crippen LogP contribution in [0.15, 0.2) is 24.3 Å². The highest BCUT2D eigenvalue weighted by Gasteiger charge is 1.97. The minimum absolute atomic E-state index is 0.869. The molecule has 0 radical (unpaired) electrons. The molecule has 1 aliphatic rings. The minimum atomic E-state index is 0.869. The van der Waals surface area contributed by atoms with Crippen molar-refractivity contribution in [2.75, 3.05) is 0 Å². The molecular formula is C11H18. The van der Waals surface area contributed by atoms with Crippen LogP contribution < -0.4 is 0 Å². The second kappa shape index (κ2) is 5.17. The molecule has 0 aromatic carbocycles. The molecule has 1 atom stereocenters. The van der Waals surface area contributed by atoms with Crippen molar-refractivity contribution >= 4 is 0 Å². The van der Waals surface area contributed by atoms with Gasteiger partial charge < -0.3 is 0 Å². The highest BCUT2D eigenvalue weighted by Crippen LogP contribution is 2.13. The molecule has 0 heteroatoms. The van der Waals surface area contributed by atoms with E-state index in [0.29, 0.717) is 0 Å². The fraction of sp³-hybridized carbons (Fsp3) is 0.636. The van der Waals surface area contributed by atoms with Crippen molar-refractivity contribution in [1.29, 1.82) is 0 Å². The van der Waals surface area contributed by atoms with Crippen LogP contribution in [0.5, 0.6) is 0 Å². The van der Waals surface area contributed by atoms with E-state index in [-0.39, 0.29) is 0 Å². The number of hydrogen-bond acceptors (Lipinski definition) is 0. The molecule has 62 valence electrons. The van der Waals surface area contributed by atoms with Crippen LogP contribution in [0.2, 0.25) is 0 Å². The van der Waals surface area contributed by atoms with E-state index < -0.39 is 0 Å². The molecule has 0 bridgehead atoms. The van der Waals surface area contributed by atoms with Gasteiger partial charge in [0.15, 0.2) is 0 Å². The summed E-state index contributed by atoms with van der Waals surface area (Å²) < 4.78 is 0. The third-order valence-corrected chi connectivity index (χ3v) is 2.20. The zero-order valence-electron chi connectivity index (χ0n) is 7.42. The normalized spacial score (nSPS) is 32.6. The molecule has 0 heterocycles. The Balaban J connectivity index is 2.34. The summed E-state index contributed by atoms with van der Waals surface area (Å²) >= 11 is 0. The molecule has 0 N–H and O–H groups in total. The van der Waals surface area contributed by atoms with Crippen molar-refractivity contribution in [2.45, 2.75) is 39.0 Å². The zero-order chi connectivity index (χ0) is 7.94. The van der Waals surface area contributed by atoms with Gasteiger partial charge in [0.1, 0.15) is 0 Å². The number of rotatable bonds is 0. The molecule has 1 unspecified atom stereocenters. The van der Waals surface area contributed by atoms with E-state index in [2.05, 4.69) is 31.2 Å². The van der Waals surface area contributed by atoms with E-state index in [0.717, 1.165) is 5.92 Å². The van der Waals surface area contributed by atoms with Crippen molar-refractivity contribution in [2.24, 2.45) is 5.92 Å². The van der Waals surface area contributed by atoms with Gasteiger partial charge in [0.05, 0.1) is 0 Å². The SMILES string of the molecule is CC1C/C=C\CC/C=C\CC1. The van der Waals surface area contributed by atoms with Gasteiger partial charge in [0, 0.05) is 0 Å². The van der Waals surface area contributed by atoms with E-state index >= 15 is 0 Å². The first-order valence-corrected chi connectivity index (χ1v) is 4.69. The van der Waals surface area contributed by atoms with Crippen LogP contribution in [-0.4, -0.2) is 0 Å². The average Bonchev–Trinajstić information content (AvgIpc) is 2.03. The average molecular weight is 150 g/mol. The Bertz CT molecular complexity index is 142. The van der Waals surface area contributed by atoms with Crippen molar-refractivity contribution < 1.29 is 0 Å². The Hall–Kier alpha value is -0.520. The Kier molecular flexibility index (Phi) is 4.03. The van der Waals surface area contributed by atoms with E-state index in [4.69, 9.17) is 0 Å². The number of allylic oxidation sites excluding steroid dienone is 4. The molecule has 0 aliphatic heterocycles. The summed E-state index contributed by atoms with van der Waals surface area (Å²) in [7, 11) is 0. The molecular weight excluding hydrogens is 132 g/mol. The van der Waals surface area contributed by atoms with E-state index in [1.165, 1.54) is 32.1 Å². The quantitative estimate of drug-likeness (QED) is 0.462. The largest absolute Gasteiger partial charge is 0.0885 e. The lowest BCUT2D eigenvalue weighted by atomic mass is 10.00. The van der Waals surface area contributed by atoms with Crippen LogP contribution in [0, 0.1) is 5.92 Å². The summed E-state index contributed by atoms with van der Waals surface area (Å²) in [4.78, 5) is 0. The van der Waals surface area contributed by atoms with Crippen LogP contribution in [-0.2, 0) is 0 Å². The molecule has 0 saturated heterocycles. The van der Waals surface area contributed by atoms with Gasteiger partial charge in [-0.3, -0.25) is 0 Å². The first kappa shape index (κ1) is 8.58. The molecule has 0 spiro atoms. The Morgan fingerprint density at radius 2 is 1.55 bits per heavy atom. The topological polar surface area (TPSA) is 0 Å². The lowest BCUT2D eigenvalue weighted by molar-refractivity contribution is 0.544. The summed E-state index contributed by atoms with van der Waals surface area (Å²) in [6.45, 7) is 2.33. The number of hydrogen-bond donors (Lipinski definition) is 0. The fourth-order valence-corrected chi connectivity index (χ4v) is 1.37. The van der Waals surface area contributed by atoms with Crippen LogP contribution in [0.3, 0.4) is 0 Å². The lowest BCUT2D eigenvalue weighted by Gasteiger charge is -2.06. The van der Waals surface area contributed by atoms with Gasteiger partial charge in [0.2, 0.25) is 0 Å². The van der Waals surface area contributed by atoms with Gasteiger partial charge in [-0.05, 0) is 38.0 Å². The zero-order valence-corrected chi connectivity index (χ0v) is 7.42. The molecule has 0 aromatic rings. The van der Waals surface area contributed by atoms with Crippen molar-refractivity contribution in [3.63, 3.8) is 0 Å². The maximum atomic E-state index is 2.34. The first-order valence-electron chi connectivity index (χ1n) is 4.69. The third kappa shape index (κ3) is 4.02. The molecule has 0 saturated carbocycles. The first-order chi connectivity index (χ1) is 5.39. The van der Waals surface area contributed by atoms with Gasteiger partial charge in [-0.1, -0.05) is 31.2 Å². The second-order valence-electron chi connectivity index (χ2n) is 3.44. The summed E-state index contributed by atoms with van der Waals surface area (Å²) in [5.74, 6) is 0.869. The van der Waals surface area contributed by atoms with E-state index in [9.17, 15) is 0 Å². The summed E-state index contributed by atoms with van der Waals surface area (Å²) in [6.07, 6.45) is 15.6. The molecule has 1 aliphatic carbocycles. The fourth-order valence-electron chi connectivity index (χ4n) is 1.37. The second-order valence-corrected chi connectivity index (χ2v) is 3.44. The van der Waals surface area contributed by atoms with Crippen molar-refractivity contribution in [1.82, 2.24) is 0 Å². The lowest BCUT2D eigenvalue weighted by Crippen LogP contribution is -1.91. The molecule has 0 fully saturated rings. The highest BCUT2D eigenvalue weighted by atomic mass is 14.0. The Morgan fingerprint density at radius 3 is 2.36 bits per heavy atom. The maximum Gasteiger partial charge on any atom is -0.0316 e. The molecule has 1 rings (SSSR count). The Morgan fingerprint density at radius 1 is 0.909 bits per heavy atom. The van der Waals surface area contributed by atoms with Crippen LogP contribution in [0.1, 0.15) is 39.0 Å². The van der Waals surface area contributed by atoms with Crippen molar-refractivity contribution in [3.05, 3.63) is 24.3 Å². The smallest absolute Gasteiger partial charge is 0.0316 e. The van der Waals surface area contributed by atoms with Crippen LogP contribution in [0.25, 0.3) is 0 Å². The van der Waals surface area contributed by atoms with Crippen molar-refractivity contribution in [3.8, 4) is 0 Å².